The average molecular weight is 509 g/mol. The number of urea groups is 1. The second-order valence-electron chi connectivity index (χ2n) is 6.52. The minimum absolute atomic E-state index is 0.141. The quantitative estimate of drug-likeness (QED) is 0.296. The topological polar surface area (TPSA) is 131 Å². The first-order valence-electron chi connectivity index (χ1n) is 9.21. The van der Waals surface area contributed by atoms with Gasteiger partial charge < -0.3 is 26.6 Å². The summed E-state index contributed by atoms with van der Waals surface area (Å²) in [6.45, 7) is 2.95. The number of allylic oxidation sites excluding steroid dienone is 1. The molecule has 1 aromatic carbocycles. The molecule has 1 saturated heterocycles. The van der Waals surface area contributed by atoms with Crippen LogP contribution >= 0.6 is 22.6 Å². The second kappa shape index (κ2) is 9.85. The Hall–Kier alpha value is -2.44. The van der Waals surface area contributed by atoms with E-state index in [0.717, 1.165) is 9.78 Å². The fraction of sp³-hybridized carbons (Fsp3) is 0.316. The van der Waals surface area contributed by atoms with E-state index in [4.69, 9.17) is 21.3 Å². The van der Waals surface area contributed by atoms with Gasteiger partial charge in [-0.1, -0.05) is 6.07 Å². The van der Waals surface area contributed by atoms with Crippen molar-refractivity contribution < 1.29 is 9.53 Å². The first-order valence-corrected chi connectivity index (χ1v) is 10.3. The van der Waals surface area contributed by atoms with Crippen LogP contribution in [0.25, 0.3) is 0 Å². The van der Waals surface area contributed by atoms with Crippen LogP contribution in [0.5, 0.6) is 0 Å². The average Bonchev–Trinajstić information content (AvgIpc) is 3.13. The highest BCUT2D eigenvalue weighted by Gasteiger charge is 2.32. The number of hydrogen-bond donors (Lipinski definition) is 5. The number of carbonyl (C=O) groups is 1. The van der Waals surface area contributed by atoms with Gasteiger partial charge in [0.05, 0.1) is 18.9 Å². The number of amides is 2. The Bertz CT molecular complexity index is 862. The number of anilines is 1. The molecule has 0 spiro atoms. The van der Waals surface area contributed by atoms with Crippen LogP contribution in [0.2, 0.25) is 0 Å². The van der Waals surface area contributed by atoms with Gasteiger partial charge in [-0.2, -0.15) is 0 Å². The van der Waals surface area contributed by atoms with E-state index < -0.39 is 0 Å². The van der Waals surface area contributed by atoms with Crippen LogP contribution < -0.4 is 16.5 Å². The summed E-state index contributed by atoms with van der Waals surface area (Å²) in [5.74, 6) is 0.543. The molecule has 1 aromatic rings. The van der Waals surface area contributed by atoms with Crippen molar-refractivity contribution in [3.8, 4) is 0 Å². The molecule has 0 radical (unpaired) electrons. The molecule has 2 heterocycles. The van der Waals surface area contributed by atoms with Crippen LogP contribution in [0.15, 0.2) is 47.4 Å². The molecule has 29 heavy (non-hydrogen) atoms. The monoisotopic (exact) mass is 509 g/mol. The summed E-state index contributed by atoms with van der Waals surface area (Å²) < 4.78 is 6.41. The normalized spacial score (nSPS) is 18.0. The zero-order chi connectivity index (χ0) is 20.8. The molecule has 10 heteroatoms. The van der Waals surface area contributed by atoms with Gasteiger partial charge in [0.15, 0.2) is 0 Å². The lowest BCUT2D eigenvalue weighted by atomic mass is 10.0. The molecule has 2 amide bonds. The summed E-state index contributed by atoms with van der Waals surface area (Å²) in [4.78, 5) is 14.6. The van der Waals surface area contributed by atoms with Crippen LogP contribution in [0.4, 0.5) is 10.5 Å². The van der Waals surface area contributed by atoms with E-state index in [2.05, 4.69) is 33.3 Å². The molecular formula is C19H24IN7O2. The van der Waals surface area contributed by atoms with Crippen molar-refractivity contribution in [3.05, 3.63) is 51.0 Å². The Morgan fingerprint density at radius 1 is 1.28 bits per heavy atom. The molecule has 0 saturated carbocycles. The molecule has 9 nitrogen and oxygen atoms in total. The SMILES string of the molecule is N=C/C(=C\N)C(=N)C1=C(NN2CCOCC2)N(C(=O)Nc2cccc(I)c2)CC1. The standard InChI is InChI=1S/C19H24IN7O2/c20-14-2-1-3-15(10-14)24-19(28)27-5-4-16(17(23)13(11-21)12-22)18(27)25-26-6-8-29-9-7-26/h1-3,10-12,21,23,25H,4-9,22H2,(H,24,28)/b13-12+,21-11?,23-17?. The van der Waals surface area contributed by atoms with Gasteiger partial charge in [-0.25, -0.2) is 9.80 Å². The summed E-state index contributed by atoms with van der Waals surface area (Å²) >= 11 is 2.20. The molecule has 1 fully saturated rings. The van der Waals surface area contributed by atoms with Crippen molar-refractivity contribution in [1.82, 2.24) is 15.3 Å². The Balaban J connectivity index is 1.86. The minimum atomic E-state index is -0.279. The van der Waals surface area contributed by atoms with E-state index in [-0.39, 0.29) is 11.7 Å². The van der Waals surface area contributed by atoms with E-state index in [1.54, 1.807) is 4.90 Å². The third-order valence-electron chi connectivity index (χ3n) is 4.66. The highest BCUT2D eigenvalue weighted by molar-refractivity contribution is 14.1. The van der Waals surface area contributed by atoms with Crippen molar-refractivity contribution in [2.24, 2.45) is 5.73 Å². The molecule has 0 unspecified atom stereocenters. The van der Waals surface area contributed by atoms with Gasteiger partial charge >= 0.3 is 6.03 Å². The summed E-state index contributed by atoms with van der Waals surface area (Å²) in [5.41, 5.74) is 10.7. The van der Waals surface area contributed by atoms with Gasteiger partial charge in [-0.3, -0.25) is 10.3 Å². The number of nitrogens with one attached hydrogen (secondary N) is 4. The fourth-order valence-electron chi connectivity index (χ4n) is 3.15. The lowest BCUT2D eigenvalue weighted by Gasteiger charge is -2.32. The van der Waals surface area contributed by atoms with Gasteiger partial charge in [0, 0.05) is 52.5 Å². The number of hydrazine groups is 1. The highest BCUT2D eigenvalue weighted by atomic mass is 127. The van der Waals surface area contributed by atoms with Gasteiger partial charge in [0.2, 0.25) is 0 Å². The van der Waals surface area contributed by atoms with Crippen molar-refractivity contribution in [3.63, 3.8) is 0 Å². The van der Waals surface area contributed by atoms with E-state index in [1.807, 2.05) is 29.3 Å². The first kappa shape index (κ1) is 21.3. The molecule has 0 aliphatic carbocycles. The molecule has 0 bridgehead atoms. The third-order valence-corrected chi connectivity index (χ3v) is 5.33. The van der Waals surface area contributed by atoms with Crippen LogP contribution in [-0.4, -0.2) is 60.7 Å². The van der Waals surface area contributed by atoms with Crippen molar-refractivity contribution in [1.29, 1.82) is 10.8 Å². The summed E-state index contributed by atoms with van der Waals surface area (Å²) in [5, 5.41) is 20.9. The van der Waals surface area contributed by atoms with Gasteiger partial charge in [-0.05, 0) is 47.2 Å². The van der Waals surface area contributed by atoms with E-state index in [0.29, 0.717) is 61.9 Å². The Morgan fingerprint density at radius 2 is 2.03 bits per heavy atom. The predicted molar refractivity (Wildman–Crippen MR) is 121 cm³/mol. The molecule has 154 valence electrons. The number of hydrogen-bond acceptors (Lipinski definition) is 7. The van der Waals surface area contributed by atoms with Crippen LogP contribution in [0.1, 0.15) is 6.42 Å². The third kappa shape index (κ3) is 5.14. The molecule has 3 rings (SSSR count). The van der Waals surface area contributed by atoms with E-state index in [1.165, 1.54) is 6.20 Å². The minimum Gasteiger partial charge on any atom is -0.404 e. The number of carbonyl (C=O) groups excluding carboxylic acids is 1. The van der Waals surface area contributed by atoms with Crippen LogP contribution in [0, 0.1) is 14.4 Å². The number of ether oxygens (including phenoxy) is 1. The zero-order valence-corrected chi connectivity index (χ0v) is 18.0. The fourth-order valence-corrected chi connectivity index (χ4v) is 3.69. The Morgan fingerprint density at radius 3 is 2.69 bits per heavy atom. The summed E-state index contributed by atoms with van der Waals surface area (Å²) in [6.07, 6.45) is 2.79. The Kier molecular flexibility index (Phi) is 7.23. The molecule has 0 atom stereocenters. The maximum Gasteiger partial charge on any atom is 0.327 e. The zero-order valence-electron chi connectivity index (χ0n) is 15.9. The lowest BCUT2D eigenvalue weighted by molar-refractivity contribution is 0.0148. The highest BCUT2D eigenvalue weighted by Crippen LogP contribution is 2.26. The van der Waals surface area contributed by atoms with Crippen molar-refractivity contribution >= 4 is 46.2 Å². The van der Waals surface area contributed by atoms with E-state index in [9.17, 15) is 4.79 Å². The number of benzene rings is 1. The van der Waals surface area contributed by atoms with Crippen LogP contribution in [0.3, 0.4) is 0 Å². The van der Waals surface area contributed by atoms with Gasteiger partial charge in [-0.15, -0.1) is 0 Å². The van der Waals surface area contributed by atoms with Gasteiger partial charge in [0.1, 0.15) is 5.82 Å². The number of morpholine rings is 1. The van der Waals surface area contributed by atoms with Gasteiger partial charge in [0.25, 0.3) is 0 Å². The smallest absolute Gasteiger partial charge is 0.327 e. The maximum absolute atomic E-state index is 13.0. The lowest BCUT2D eigenvalue weighted by Crippen LogP contribution is -2.49. The summed E-state index contributed by atoms with van der Waals surface area (Å²) in [7, 11) is 0. The van der Waals surface area contributed by atoms with Crippen molar-refractivity contribution in [2.75, 3.05) is 38.2 Å². The predicted octanol–water partition coefficient (Wildman–Crippen LogP) is 2.09. The van der Waals surface area contributed by atoms with E-state index >= 15 is 0 Å². The maximum atomic E-state index is 13.0. The van der Waals surface area contributed by atoms with Crippen LogP contribution in [-0.2, 0) is 4.74 Å². The number of nitrogens with zero attached hydrogens (tertiary/aromatic N) is 2. The number of nitrogens with two attached hydrogens (primary N) is 1. The number of halogens is 1. The molecule has 2 aliphatic rings. The largest absolute Gasteiger partial charge is 0.404 e. The first-order chi connectivity index (χ1) is 14.0. The molecule has 2 aliphatic heterocycles. The molecular weight excluding hydrogens is 485 g/mol. The van der Waals surface area contributed by atoms with Crippen molar-refractivity contribution in [2.45, 2.75) is 6.42 Å². The molecule has 0 aromatic heterocycles. The summed E-state index contributed by atoms with van der Waals surface area (Å²) in [6, 6.07) is 7.28. The Labute approximate surface area is 183 Å². The number of rotatable bonds is 6. The second-order valence-corrected chi connectivity index (χ2v) is 7.77. The molecule has 6 N–H and O–H groups in total.